The average molecular weight is 790 g/mol. The Labute approximate surface area is 356 Å². The molecule has 0 radical (unpaired) electrons. The molecule has 0 unspecified atom stereocenters. The highest BCUT2D eigenvalue weighted by atomic mass is 15.0. The summed E-state index contributed by atoms with van der Waals surface area (Å²) < 4.78 is 4.85. The Morgan fingerprint density at radius 2 is 0.839 bits per heavy atom. The van der Waals surface area contributed by atoms with Gasteiger partial charge in [-0.15, -0.1) is 0 Å². The van der Waals surface area contributed by atoms with Gasteiger partial charge in [0.2, 0.25) is 0 Å². The number of hydrogen-bond donors (Lipinski definition) is 0. The van der Waals surface area contributed by atoms with Crippen LogP contribution < -0.4 is 0 Å². The second-order valence-electron chi connectivity index (χ2n) is 16.1. The van der Waals surface area contributed by atoms with E-state index in [4.69, 9.17) is 15.0 Å². The van der Waals surface area contributed by atoms with E-state index < -0.39 is 0 Å². The molecule has 5 nitrogen and oxygen atoms in total. The topological polar surface area (TPSA) is 48.5 Å². The minimum Gasteiger partial charge on any atom is -0.309 e. The van der Waals surface area contributed by atoms with E-state index >= 15 is 0 Å². The second-order valence-corrected chi connectivity index (χ2v) is 16.1. The van der Waals surface area contributed by atoms with Gasteiger partial charge in [-0.3, -0.25) is 0 Å². The van der Waals surface area contributed by atoms with Gasteiger partial charge in [-0.05, 0) is 93.0 Å². The van der Waals surface area contributed by atoms with Crippen molar-refractivity contribution in [2.75, 3.05) is 0 Å². The predicted octanol–water partition coefficient (Wildman–Crippen LogP) is 14.5. The van der Waals surface area contributed by atoms with Gasteiger partial charge in [0.05, 0.1) is 22.1 Å². The first-order chi connectivity index (χ1) is 30.7. The van der Waals surface area contributed by atoms with Gasteiger partial charge in [-0.25, -0.2) is 15.0 Å². The zero-order valence-electron chi connectivity index (χ0n) is 33.4. The Hall–Kier alpha value is -8.41. The van der Waals surface area contributed by atoms with Crippen LogP contribution in [0.4, 0.5) is 0 Å². The normalized spacial score (nSPS) is 11.9. The number of aromatic nitrogens is 5. The van der Waals surface area contributed by atoms with Crippen LogP contribution in [0.1, 0.15) is 0 Å². The lowest BCUT2D eigenvalue weighted by atomic mass is 10.0. The Balaban J connectivity index is 1.02. The molecule has 288 valence electrons. The van der Waals surface area contributed by atoms with Crippen LogP contribution in [-0.4, -0.2) is 24.1 Å². The minimum absolute atomic E-state index is 0.640. The van der Waals surface area contributed by atoms with E-state index in [1.165, 1.54) is 48.7 Å². The molecule has 0 aliphatic rings. The van der Waals surface area contributed by atoms with Crippen molar-refractivity contribution in [3.63, 3.8) is 0 Å². The Morgan fingerprint density at radius 3 is 1.65 bits per heavy atom. The van der Waals surface area contributed by atoms with Gasteiger partial charge in [0, 0.05) is 49.6 Å². The third kappa shape index (κ3) is 5.38. The average Bonchev–Trinajstić information content (AvgIpc) is 3.83. The smallest absolute Gasteiger partial charge is 0.164 e. The lowest BCUT2D eigenvalue weighted by Crippen LogP contribution is -2.01. The molecular weight excluding hydrogens is 755 g/mol. The van der Waals surface area contributed by atoms with Crippen molar-refractivity contribution in [2.24, 2.45) is 0 Å². The molecule has 0 saturated heterocycles. The fourth-order valence-electron chi connectivity index (χ4n) is 9.57. The summed E-state index contributed by atoms with van der Waals surface area (Å²) in [7, 11) is 0. The zero-order chi connectivity index (χ0) is 40.7. The number of fused-ring (bicyclic) bond motifs is 9. The molecule has 62 heavy (non-hydrogen) atoms. The quantitative estimate of drug-likeness (QED) is 0.174. The molecular formula is C57H35N5. The molecule has 0 atom stereocenters. The first-order valence-corrected chi connectivity index (χ1v) is 21.0. The number of benzene rings is 10. The van der Waals surface area contributed by atoms with Crippen molar-refractivity contribution in [1.82, 2.24) is 24.1 Å². The van der Waals surface area contributed by atoms with E-state index in [0.717, 1.165) is 55.3 Å². The van der Waals surface area contributed by atoms with E-state index in [1.54, 1.807) is 0 Å². The monoisotopic (exact) mass is 789 g/mol. The molecule has 3 heterocycles. The predicted molar refractivity (Wildman–Crippen MR) is 257 cm³/mol. The van der Waals surface area contributed by atoms with Gasteiger partial charge in [0.1, 0.15) is 0 Å². The van der Waals surface area contributed by atoms with Crippen molar-refractivity contribution in [3.8, 4) is 45.5 Å². The van der Waals surface area contributed by atoms with Crippen molar-refractivity contribution < 1.29 is 0 Å². The first kappa shape index (κ1) is 34.5. The number of rotatable bonds is 5. The van der Waals surface area contributed by atoms with Crippen LogP contribution >= 0.6 is 0 Å². The number of para-hydroxylation sites is 2. The number of hydrogen-bond acceptors (Lipinski definition) is 3. The van der Waals surface area contributed by atoms with Crippen molar-refractivity contribution in [3.05, 3.63) is 212 Å². The van der Waals surface area contributed by atoms with Crippen LogP contribution in [-0.2, 0) is 0 Å². The fourth-order valence-corrected chi connectivity index (χ4v) is 9.57. The Kier molecular flexibility index (Phi) is 7.54. The molecule has 0 spiro atoms. The van der Waals surface area contributed by atoms with Crippen LogP contribution in [0.2, 0.25) is 0 Å². The number of nitrogens with zero attached hydrogens (tertiary/aromatic N) is 5. The third-order valence-electron chi connectivity index (χ3n) is 12.5. The summed E-state index contributed by atoms with van der Waals surface area (Å²) in [6.45, 7) is 0. The van der Waals surface area contributed by atoms with Crippen LogP contribution in [0.5, 0.6) is 0 Å². The SMILES string of the molecule is c1ccc(-c2nc(-c3ccc4ccccc4c3)nc(-c3cccc4cc(-n5c6ccccc6c6cc7c8cc9ccccc9cc8n(-c8ccccc8)c7cc65)ccc34)n2)cc1. The molecule has 0 aliphatic carbocycles. The maximum Gasteiger partial charge on any atom is 0.164 e. The van der Waals surface area contributed by atoms with E-state index in [2.05, 4.69) is 203 Å². The highest BCUT2D eigenvalue weighted by Gasteiger charge is 2.20. The summed E-state index contributed by atoms with van der Waals surface area (Å²) in [5.41, 5.74) is 9.77. The molecule has 0 fully saturated rings. The fraction of sp³-hybridized carbons (Fsp3) is 0. The molecule has 0 N–H and O–H groups in total. The summed E-state index contributed by atoms with van der Waals surface area (Å²) in [6.07, 6.45) is 0. The molecule has 0 amide bonds. The van der Waals surface area contributed by atoms with Gasteiger partial charge < -0.3 is 9.13 Å². The standard InChI is InChI=1S/C57H35N5/c1-3-15-37(16-4-1)55-58-56(42-27-26-36-14-7-8-17-38(36)30-42)60-57(59-55)47-24-13-20-41-31-44(28-29-45(41)47)62-51-25-12-11-23-46(51)49-34-50-48-32-39-18-9-10-19-40(39)33-52(48)61(54(50)35-53(49)62)43-21-5-2-6-22-43/h1-35H. The Bertz CT molecular complexity index is 3920. The summed E-state index contributed by atoms with van der Waals surface area (Å²) in [5.74, 6) is 1.93. The van der Waals surface area contributed by atoms with Crippen molar-refractivity contribution >= 4 is 75.9 Å². The van der Waals surface area contributed by atoms with Crippen LogP contribution in [0, 0.1) is 0 Å². The first-order valence-electron chi connectivity index (χ1n) is 21.0. The van der Waals surface area contributed by atoms with Gasteiger partial charge >= 0.3 is 0 Å². The second kappa shape index (κ2) is 13.6. The van der Waals surface area contributed by atoms with Crippen LogP contribution in [0.25, 0.3) is 121 Å². The lowest BCUT2D eigenvalue weighted by Gasteiger charge is -2.13. The molecule has 13 aromatic rings. The van der Waals surface area contributed by atoms with E-state index in [0.29, 0.717) is 17.5 Å². The van der Waals surface area contributed by atoms with Gasteiger partial charge in [-0.2, -0.15) is 0 Å². The van der Waals surface area contributed by atoms with E-state index in [1.807, 2.05) is 18.2 Å². The molecule has 3 aromatic heterocycles. The molecule has 13 rings (SSSR count). The summed E-state index contributed by atoms with van der Waals surface area (Å²) in [5, 5.41) is 11.9. The van der Waals surface area contributed by atoms with Gasteiger partial charge in [0.15, 0.2) is 17.5 Å². The Morgan fingerprint density at radius 1 is 0.258 bits per heavy atom. The van der Waals surface area contributed by atoms with Crippen molar-refractivity contribution in [1.29, 1.82) is 0 Å². The molecule has 0 saturated carbocycles. The largest absolute Gasteiger partial charge is 0.309 e. The highest BCUT2D eigenvalue weighted by molar-refractivity contribution is 6.21. The van der Waals surface area contributed by atoms with E-state index in [-0.39, 0.29) is 0 Å². The highest BCUT2D eigenvalue weighted by Crippen LogP contribution is 2.41. The summed E-state index contributed by atoms with van der Waals surface area (Å²) in [4.78, 5) is 15.4. The molecule has 10 aromatic carbocycles. The summed E-state index contributed by atoms with van der Waals surface area (Å²) >= 11 is 0. The minimum atomic E-state index is 0.640. The maximum absolute atomic E-state index is 5.18. The molecule has 0 aliphatic heterocycles. The molecule has 5 heteroatoms. The third-order valence-corrected chi connectivity index (χ3v) is 12.5. The zero-order valence-corrected chi connectivity index (χ0v) is 33.4. The van der Waals surface area contributed by atoms with Crippen molar-refractivity contribution in [2.45, 2.75) is 0 Å². The summed E-state index contributed by atoms with van der Waals surface area (Å²) in [6, 6.07) is 75.9. The van der Waals surface area contributed by atoms with Gasteiger partial charge in [0.25, 0.3) is 0 Å². The molecule has 0 bridgehead atoms. The van der Waals surface area contributed by atoms with Crippen LogP contribution in [0.15, 0.2) is 212 Å². The lowest BCUT2D eigenvalue weighted by molar-refractivity contribution is 1.08. The van der Waals surface area contributed by atoms with E-state index in [9.17, 15) is 0 Å². The maximum atomic E-state index is 5.18. The van der Waals surface area contributed by atoms with Gasteiger partial charge in [-0.1, -0.05) is 152 Å². The van der Waals surface area contributed by atoms with Crippen LogP contribution in [0.3, 0.4) is 0 Å².